The molecule has 0 radical (unpaired) electrons. The molecule has 0 atom stereocenters. The maximum absolute atomic E-state index is 11.5. The minimum absolute atomic E-state index is 0.0424. The zero-order valence-electron chi connectivity index (χ0n) is 11.7. The predicted octanol–water partition coefficient (Wildman–Crippen LogP) is -0.537. The van der Waals surface area contributed by atoms with Crippen molar-refractivity contribution in [3.05, 3.63) is 60.7 Å². The Hall–Kier alpha value is -3.83. The Balaban J connectivity index is 2.25. The number of aromatic amines is 2. The number of nitrogens with one attached hydrogen (secondary N) is 2. The highest BCUT2D eigenvalue weighted by atomic mass is 16.6. The first kappa shape index (κ1) is 15.1. The second-order valence-electron chi connectivity index (χ2n) is 4.74. The van der Waals surface area contributed by atoms with Gasteiger partial charge in [0, 0.05) is 17.7 Å². The van der Waals surface area contributed by atoms with Crippen LogP contribution in [0.2, 0.25) is 0 Å². The summed E-state index contributed by atoms with van der Waals surface area (Å²) in [5.74, 6) is -1.70. The van der Waals surface area contributed by atoms with Crippen LogP contribution >= 0.6 is 0 Å². The van der Waals surface area contributed by atoms with Gasteiger partial charge in [0.05, 0.1) is 22.5 Å². The number of fused-ring (bicyclic) bond motifs is 1. The fraction of sp³-hybridized carbons (Fsp3) is 0.0833. The molecule has 2 aromatic heterocycles. The molecule has 24 heavy (non-hydrogen) atoms. The Morgan fingerprint density at radius 1 is 1.29 bits per heavy atom. The van der Waals surface area contributed by atoms with Gasteiger partial charge < -0.3 is 15.1 Å². The number of non-ortho nitro benzene ring substituents is 1. The van der Waals surface area contributed by atoms with Gasteiger partial charge in [0.25, 0.3) is 5.69 Å². The molecule has 0 bridgehead atoms. The van der Waals surface area contributed by atoms with Crippen LogP contribution in [0.3, 0.4) is 0 Å². The van der Waals surface area contributed by atoms with E-state index in [0.29, 0.717) is 0 Å². The molecule has 0 saturated heterocycles. The summed E-state index contributed by atoms with van der Waals surface area (Å²) in [7, 11) is 0. The van der Waals surface area contributed by atoms with Crippen molar-refractivity contribution in [3.8, 4) is 0 Å². The van der Waals surface area contributed by atoms with Crippen molar-refractivity contribution in [1.82, 2.24) is 24.7 Å². The molecule has 1 aromatic carbocycles. The second-order valence-corrected chi connectivity index (χ2v) is 4.74. The molecule has 0 spiro atoms. The Kier molecular flexibility index (Phi) is 3.41. The molecule has 0 unspecified atom stereocenters. The molecule has 0 amide bonds. The van der Waals surface area contributed by atoms with E-state index in [0.717, 1.165) is 23.1 Å². The Labute approximate surface area is 130 Å². The van der Waals surface area contributed by atoms with Crippen molar-refractivity contribution in [1.29, 1.82) is 0 Å². The van der Waals surface area contributed by atoms with Crippen LogP contribution in [0.15, 0.2) is 28.0 Å². The normalized spacial score (nSPS) is 10.8. The topological polar surface area (TPSA) is 177 Å². The molecule has 12 nitrogen and oxygen atoms in total. The number of aromatic carboxylic acids is 1. The third-order valence-corrected chi connectivity index (χ3v) is 3.24. The minimum atomic E-state index is -1.33. The van der Waals surface area contributed by atoms with E-state index in [1.807, 2.05) is 0 Å². The lowest BCUT2D eigenvalue weighted by molar-refractivity contribution is -0.384. The lowest BCUT2D eigenvalue weighted by Gasteiger charge is -2.07. The van der Waals surface area contributed by atoms with Crippen molar-refractivity contribution in [3.63, 3.8) is 0 Å². The lowest BCUT2D eigenvalue weighted by Crippen LogP contribution is -2.29. The van der Waals surface area contributed by atoms with Crippen LogP contribution in [0.25, 0.3) is 11.0 Å². The number of hydrogen-bond donors (Lipinski definition) is 3. The fourth-order valence-corrected chi connectivity index (χ4v) is 2.22. The summed E-state index contributed by atoms with van der Waals surface area (Å²) >= 11 is 0. The number of benzene rings is 1. The number of nitrogens with zero attached hydrogens (tertiary/aromatic N) is 4. The van der Waals surface area contributed by atoms with Gasteiger partial charge in [-0.15, -0.1) is 0 Å². The number of aromatic nitrogens is 5. The van der Waals surface area contributed by atoms with E-state index in [1.54, 1.807) is 0 Å². The standard InChI is InChI=1S/C12H8N6O6/c19-10-11(20)16-8-5(1-6(18(23)24)2-7(8)15-10)3-17-9(12(21)22)13-4-14-17/h1-2,4H,3H2,(H,15,19)(H,16,20)(H,21,22). The van der Waals surface area contributed by atoms with Crippen molar-refractivity contribution in [2.24, 2.45) is 0 Å². The number of carboxylic acids is 1. The van der Waals surface area contributed by atoms with Crippen LogP contribution in [0, 0.1) is 10.1 Å². The Morgan fingerprint density at radius 3 is 2.67 bits per heavy atom. The van der Waals surface area contributed by atoms with Gasteiger partial charge in [-0.25, -0.2) is 14.5 Å². The number of hydrogen-bond acceptors (Lipinski definition) is 7. The molecule has 0 aliphatic rings. The number of H-pyrrole nitrogens is 2. The molecule has 0 aliphatic heterocycles. The average Bonchev–Trinajstić information content (AvgIpc) is 2.97. The summed E-state index contributed by atoms with van der Waals surface area (Å²) in [4.78, 5) is 52.5. The molecule has 3 N–H and O–H groups in total. The molecular formula is C12H8N6O6. The minimum Gasteiger partial charge on any atom is -0.475 e. The van der Waals surface area contributed by atoms with E-state index >= 15 is 0 Å². The van der Waals surface area contributed by atoms with Crippen molar-refractivity contribution in [2.75, 3.05) is 0 Å². The summed E-state index contributed by atoms with van der Waals surface area (Å²) in [6, 6.07) is 2.25. The van der Waals surface area contributed by atoms with E-state index in [2.05, 4.69) is 20.1 Å². The largest absolute Gasteiger partial charge is 0.475 e. The summed E-state index contributed by atoms with van der Waals surface area (Å²) in [5.41, 5.74) is -1.86. The molecular weight excluding hydrogens is 324 g/mol. The van der Waals surface area contributed by atoms with Crippen LogP contribution in [-0.2, 0) is 6.54 Å². The van der Waals surface area contributed by atoms with Gasteiger partial charge in [0.2, 0.25) is 5.82 Å². The molecule has 0 aliphatic carbocycles. The quantitative estimate of drug-likeness (QED) is 0.324. The SMILES string of the molecule is O=C(O)c1ncnn1Cc1cc([N+](=O)[O-])cc2[nH]c(=O)c(=O)[nH]c12. The average molecular weight is 332 g/mol. The Morgan fingerprint density at radius 2 is 2.00 bits per heavy atom. The monoisotopic (exact) mass is 332 g/mol. The highest BCUT2D eigenvalue weighted by Gasteiger charge is 2.18. The van der Waals surface area contributed by atoms with Crippen molar-refractivity contribution < 1.29 is 14.8 Å². The fourth-order valence-electron chi connectivity index (χ4n) is 2.22. The summed E-state index contributed by atoms with van der Waals surface area (Å²) in [6.07, 6.45) is 1.02. The van der Waals surface area contributed by atoms with Crippen molar-refractivity contribution >= 4 is 22.7 Å². The van der Waals surface area contributed by atoms with Gasteiger partial charge in [0.15, 0.2) is 0 Å². The third kappa shape index (κ3) is 2.51. The van der Waals surface area contributed by atoms with Crippen LogP contribution in [0.5, 0.6) is 0 Å². The van der Waals surface area contributed by atoms with Gasteiger partial charge in [-0.05, 0) is 0 Å². The number of nitro groups is 1. The predicted molar refractivity (Wildman–Crippen MR) is 77.9 cm³/mol. The van der Waals surface area contributed by atoms with Crippen LogP contribution < -0.4 is 11.1 Å². The molecule has 3 rings (SSSR count). The maximum Gasteiger partial charge on any atom is 0.373 e. The first-order valence-corrected chi connectivity index (χ1v) is 6.41. The molecule has 2 heterocycles. The first-order valence-electron chi connectivity index (χ1n) is 6.41. The molecule has 0 fully saturated rings. The third-order valence-electron chi connectivity index (χ3n) is 3.24. The van der Waals surface area contributed by atoms with E-state index in [1.165, 1.54) is 0 Å². The van der Waals surface area contributed by atoms with Gasteiger partial charge in [0.1, 0.15) is 6.33 Å². The number of nitro benzene ring substituents is 1. The van der Waals surface area contributed by atoms with E-state index in [4.69, 9.17) is 5.11 Å². The number of carbonyl (C=O) groups is 1. The Bertz CT molecular complexity index is 1090. The van der Waals surface area contributed by atoms with Crippen LogP contribution in [-0.4, -0.2) is 40.7 Å². The van der Waals surface area contributed by atoms with E-state index < -0.39 is 22.0 Å². The maximum atomic E-state index is 11.5. The molecule has 12 heteroatoms. The van der Waals surface area contributed by atoms with Crippen molar-refractivity contribution in [2.45, 2.75) is 6.54 Å². The van der Waals surface area contributed by atoms with Gasteiger partial charge >= 0.3 is 17.1 Å². The second kappa shape index (κ2) is 5.42. The molecule has 122 valence electrons. The smallest absolute Gasteiger partial charge is 0.373 e. The van der Waals surface area contributed by atoms with Crippen LogP contribution in [0.4, 0.5) is 5.69 Å². The van der Waals surface area contributed by atoms with Crippen LogP contribution in [0.1, 0.15) is 16.2 Å². The number of rotatable bonds is 4. The zero-order valence-corrected chi connectivity index (χ0v) is 11.7. The summed E-state index contributed by atoms with van der Waals surface area (Å²) < 4.78 is 1.00. The molecule has 0 saturated carbocycles. The van der Waals surface area contributed by atoms with Gasteiger partial charge in [-0.1, -0.05) is 0 Å². The highest BCUT2D eigenvalue weighted by molar-refractivity contribution is 5.83. The van der Waals surface area contributed by atoms with E-state index in [9.17, 15) is 24.5 Å². The van der Waals surface area contributed by atoms with Gasteiger partial charge in [-0.2, -0.15) is 5.10 Å². The lowest BCUT2D eigenvalue weighted by atomic mass is 10.1. The number of carboxylic acid groups (broad SMARTS) is 1. The summed E-state index contributed by atoms with van der Waals surface area (Å²) in [5, 5.41) is 23.8. The molecule has 3 aromatic rings. The first-order chi connectivity index (χ1) is 11.4. The van der Waals surface area contributed by atoms with E-state index in [-0.39, 0.29) is 34.7 Å². The summed E-state index contributed by atoms with van der Waals surface area (Å²) in [6.45, 7) is -0.207. The highest BCUT2D eigenvalue weighted by Crippen LogP contribution is 2.22. The van der Waals surface area contributed by atoms with Gasteiger partial charge in [-0.3, -0.25) is 19.7 Å². The zero-order chi connectivity index (χ0) is 17.4.